The Balaban J connectivity index is 2.46. The van der Waals surface area contributed by atoms with Crippen molar-refractivity contribution >= 4 is 17.3 Å². The number of aryl methyl sites for hydroxylation is 1. The van der Waals surface area contributed by atoms with Crippen LogP contribution in [0.3, 0.4) is 0 Å². The number of halogens is 1. The molecular formula is C11H8ClN3O3. The molecular weight excluding hydrogens is 258 g/mol. The average Bonchev–Trinajstić information content (AvgIpc) is 2.34. The topological polar surface area (TPSA) is 78.2 Å². The summed E-state index contributed by atoms with van der Waals surface area (Å²) >= 11 is 5.79. The summed E-state index contributed by atoms with van der Waals surface area (Å²) in [6, 6.07) is 4.64. The van der Waals surface area contributed by atoms with E-state index in [0.29, 0.717) is 5.56 Å². The van der Waals surface area contributed by atoms with Crippen LogP contribution in [0.4, 0.5) is 5.69 Å². The number of nitro groups is 1. The summed E-state index contributed by atoms with van der Waals surface area (Å²) < 4.78 is 5.39. The summed E-state index contributed by atoms with van der Waals surface area (Å²) in [6.45, 7) is 1.70. The van der Waals surface area contributed by atoms with E-state index in [1.807, 2.05) is 0 Å². The van der Waals surface area contributed by atoms with E-state index in [1.54, 1.807) is 19.1 Å². The summed E-state index contributed by atoms with van der Waals surface area (Å²) in [6.07, 6.45) is 2.80. The quantitative estimate of drug-likeness (QED) is 0.629. The zero-order valence-corrected chi connectivity index (χ0v) is 10.1. The minimum atomic E-state index is -0.521. The molecule has 0 fully saturated rings. The summed E-state index contributed by atoms with van der Waals surface area (Å²) in [5.41, 5.74) is 0.475. The second kappa shape index (κ2) is 4.97. The molecule has 2 rings (SSSR count). The van der Waals surface area contributed by atoms with Crippen LogP contribution in [0.5, 0.6) is 11.6 Å². The van der Waals surface area contributed by atoms with Crippen LogP contribution in [0.2, 0.25) is 5.15 Å². The van der Waals surface area contributed by atoms with Crippen LogP contribution in [0.25, 0.3) is 0 Å². The normalized spacial score (nSPS) is 10.1. The summed E-state index contributed by atoms with van der Waals surface area (Å²) in [7, 11) is 0. The van der Waals surface area contributed by atoms with Gasteiger partial charge < -0.3 is 4.74 Å². The molecule has 0 aliphatic carbocycles. The molecule has 0 aliphatic rings. The molecule has 0 atom stereocenters. The minimum absolute atomic E-state index is 0.0385. The predicted molar refractivity (Wildman–Crippen MR) is 64.9 cm³/mol. The first-order valence-corrected chi connectivity index (χ1v) is 5.35. The highest BCUT2D eigenvalue weighted by atomic mass is 35.5. The Morgan fingerprint density at radius 3 is 2.72 bits per heavy atom. The van der Waals surface area contributed by atoms with Gasteiger partial charge in [0.2, 0.25) is 5.75 Å². The highest BCUT2D eigenvalue weighted by Gasteiger charge is 2.19. The van der Waals surface area contributed by atoms with E-state index >= 15 is 0 Å². The molecule has 0 saturated heterocycles. The number of rotatable bonds is 3. The summed E-state index contributed by atoms with van der Waals surface area (Å²) in [4.78, 5) is 18.0. The van der Waals surface area contributed by atoms with Gasteiger partial charge in [0.15, 0.2) is 5.15 Å². The lowest BCUT2D eigenvalue weighted by Crippen LogP contribution is -1.97. The number of aromatic nitrogens is 2. The third-order valence-corrected chi connectivity index (χ3v) is 2.47. The van der Waals surface area contributed by atoms with E-state index in [9.17, 15) is 10.1 Å². The molecule has 0 unspecified atom stereocenters. The number of ether oxygens (including phenoxy) is 1. The van der Waals surface area contributed by atoms with E-state index < -0.39 is 4.92 Å². The lowest BCUT2D eigenvalue weighted by Gasteiger charge is -2.08. The third kappa shape index (κ3) is 2.38. The van der Waals surface area contributed by atoms with Crippen molar-refractivity contribution < 1.29 is 9.66 Å². The van der Waals surface area contributed by atoms with Gasteiger partial charge in [0, 0.05) is 18.5 Å². The number of nitro benzene ring substituents is 1. The Bertz CT molecular complexity index is 604. The Labute approximate surface area is 107 Å². The van der Waals surface area contributed by atoms with Gasteiger partial charge in [-0.15, -0.1) is 0 Å². The average molecular weight is 266 g/mol. The molecule has 18 heavy (non-hydrogen) atoms. The fraction of sp³-hybridized carbons (Fsp3) is 0.0909. The van der Waals surface area contributed by atoms with Crippen molar-refractivity contribution in [2.24, 2.45) is 0 Å². The number of hydrogen-bond donors (Lipinski definition) is 0. The van der Waals surface area contributed by atoms with Gasteiger partial charge in [0.1, 0.15) is 0 Å². The number of para-hydroxylation sites is 1. The molecule has 1 aromatic heterocycles. The van der Waals surface area contributed by atoms with Crippen LogP contribution in [-0.4, -0.2) is 14.9 Å². The SMILES string of the molecule is Cc1cccc([N+](=O)[O-])c1Oc1nccnc1Cl. The van der Waals surface area contributed by atoms with Crippen LogP contribution < -0.4 is 4.74 Å². The lowest BCUT2D eigenvalue weighted by molar-refractivity contribution is -0.385. The van der Waals surface area contributed by atoms with Gasteiger partial charge in [-0.25, -0.2) is 9.97 Å². The van der Waals surface area contributed by atoms with Crippen molar-refractivity contribution in [2.75, 3.05) is 0 Å². The molecule has 0 aliphatic heterocycles. The molecule has 0 saturated carbocycles. The summed E-state index contributed by atoms with van der Waals surface area (Å²) in [5.74, 6) is 0.154. The molecule has 1 heterocycles. The van der Waals surface area contributed by atoms with Crippen molar-refractivity contribution in [3.8, 4) is 11.6 Å². The van der Waals surface area contributed by atoms with Gasteiger partial charge in [-0.3, -0.25) is 10.1 Å². The number of benzene rings is 1. The molecule has 0 radical (unpaired) electrons. The van der Waals surface area contributed by atoms with E-state index in [4.69, 9.17) is 16.3 Å². The minimum Gasteiger partial charge on any atom is -0.429 e. The van der Waals surface area contributed by atoms with Crippen molar-refractivity contribution in [2.45, 2.75) is 6.92 Å². The maximum Gasteiger partial charge on any atom is 0.311 e. The molecule has 7 heteroatoms. The van der Waals surface area contributed by atoms with E-state index in [1.165, 1.54) is 18.5 Å². The van der Waals surface area contributed by atoms with E-state index in [0.717, 1.165) is 0 Å². The fourth-order valence-electron chi connectivity index (χ4n) is 1.39. The van der Waals surface area contributed by atoms with Gasteiger partial charge in [-0.05, 0) is 12.5 Å². The Kier molecular flexibility index (Phi) is 3.38. The molecule has 0 N–H and O–H groups in total. The lowest BCUT2D eigenvalue weighted by atomic mass is 10.2. The molecule has 2 aromatic rings. The molecule has 92 valence electrons. The van der Waals surface area contributed by atoms with Gasteiger partial charge >= 0.3 is 5.69 Å². The predicted octanol–water partition coefficient (Wildman–Crippen LogP) is 3.14. The monoisotopic (exact) mass is 265 g/mol. The molecule has 0 amide bonds. The standard InChI is InChI=1S/C11H8ClN3O3/c1-7-3-2-4-8(15(16)17)9(7)18-11-10(12)13-5-6-14-11/h2-6H,1H3. The maximum atomic E-state index is 10.9. The van der Waals surface area contributed by atoms with Gasteiger partial charge in [-0.2, -0.15) is 0 Å². The van der Waals surface area contributed by atoms with Crippen LogP contribution >= 0.6 is 11.6 Å². The van der Waals surface area contributed by atoms with Gasteiger partial charge in [0.05, 0.1) is 4.92 Å². The van der Waals surface area contributed by atoms with Gasteiger partial charge in [-0.1, -0.05) is 23.7 Å². The first kappa shape index (κ1) is 12.3. The largest absolute Gasteiger partial charge is 0.429 e. The van der Waals surface area contributed by atoms with E-state index in [-0.39, 0.29) is 22.5 Å². The molecule has 6 nitrogen and oxygen atoms in total. The number of nitrogens with zero attached hydrogens (tertiary/aromatic N) is 3. The molecule has 0 bridgehead atoms. The highest BCUT2D eigenvalue weighted by molar-refractivity contribution is 6.30. The third-order valence-electron chi connectivity index (χ3n) is 2.21. The van der Waals surface area contributed by atoms with Crippen molar-refractivity contribution in [3.63, 3.8) is 0 Å². The van der Waals surface area contributed by atoms with Crippen LogP contribution in [0, 0.1) is 17.0 Å². The van der Waals surface area contributed by atoms with Crippen molar-refractivity contribution in [1.82, 2.24) is 9.97 Å². The zero-order valence-electron chi connectivity index (χ0n) is 9.33. The first-order chi connectivity index (χ1) is 8.59. The molecule has 1 aromatic carbocycles. The second-order valence-electron chi connectivity index (χ2n) is 3.43. The van der Waals surface area contributed by atoms with Crippen LogP contribution in [-0.2, 0) is 0 Å². The van der Waals surface area contributed by atoms with Crippen molar-refractivity contribution in [1.29, 1.82) is 0 Å². The first-order valence-electron chi connectivity index (χ1n) is 4.98. The summed E-state index contributed by atoms with van der Waals surface area (Å²) in [5, 5.41) is 11.0. The van der Waals surface area contributed by atoms with Gasteiger partial charge in [0.25, 0.3) is 5.88 Å². The fourth-order valence-corrected chi connectivity index (χ4v) is 1.53. The Hall–Kier alpha value is -2.21. The smallest absolute Gasteiger partial charge is 0.311 e. The van der Waals surface area contributed by atoms with Crippen LogP contribution in [0.1, 0.15) is 5.56 Å². The maximum absolute atomic E-state index is 10.9. The number of hydrogen-bond acceptors (Lipinski definition) is 5. The van der Waals surface area contributed by atoms with E-state index in [2.05, 4.69) is 9.97 Å². The Morgan fingerprint density at radius 2 is 2.06 bits per heavy atom. The van der Waals surface area contributed by atoms with Crippen LogP contribution in [0.15, 0.2) is 30.6 Å². The second-order valence-corrected chi connectivity index (χ2v) is 3.79. The molecule has 0 spiro atoms. The Morgan fingerprint density at radius 1 is 1.33 bits per heavy atom. The zero-order chi connectivity index (χ0) is 13.1. The van der Waals surface area contributed by atoms with Crippen molar-refractivity contribution in [3.05, 3.63) is 51.4 Å². The highest BCUT2D eigenvalue weighted by Crippen LogP contribution is 2.35.